The van der Waals surface area contributed by atoms with E-state index in [2.05, 4.69) is 15.2 Å². The minimum atomic E-state index is -1.22. The molecule has 0 saturated carbocycles. The molecule has 4 rings (SSSR count). The van der Waals surface area contributed by atoms with Crippen LogP contribution in [0.5, 0.6) is 5.75 Å². The Labute approximate surface area is 187 Å². The Hall–Kier alpha value is -3.46. The predicted octanol–water partition coefficient (Wildman–Crippen LogP) is 1.20. The van der Waals surface area contributed by atoms with E-state index in [-0.39, 0.29) is 12.5 Å². The maximum atomic E-state index is 13.1. The Morgan fingerprint density at radius 1 is 1.12 bits per heavy atom. The van der Waals surface area contributed by atoms with Crippen molar-refractivity contribution in [3.05, 3.63) is 59.9 Å². The van der Waals surface area contributed by atoms with E-state index in [4.69, 9.17) is 4.74 Å². The summed E-state index contributed by atoms with van der Waals surface area (Å²) in [6.45, 7) is 4.73. The molecule has 2 saturated heterocycles. The fourth-order valence-electron chi connectivity index (χ4n) is 4.10. The molecule has 1 aromatic heterocycles. The van der Waals surface area contributed by atoms with Gasteiger partial charge in [-0.3, -0.25) is 24.4 Å². The molecule has 3 heterocycles. The van der Waals surface area contributed by atoms with Gasteiger partial charge in [0, 0.05) is 45.1 Å². The summed E-state index contributed by atoms with van der Waals surface area (Å²) >= 11 is 0. The fraction of sp³-hybridized carbons (Fsp3) is 0.391. The molecule has 9 heteroatoms. The van der Waals surface area contributed by atoms with Crippen LogP contribution in [-0.4, -0.2) is 77.4 Å². The Kier molecular flexibility index (Phi) is 6.09. The number of methoxy groups -OCH3 is 1. The number of hydrogen-bond acceptors (Lipinski definition) is 6. The van der Waals surface area contributed by atoms with Crippen molar-refractivity contribution in [1.82, 2.24) is 25.0 Å². The number of piperazine rings is 1. The summed E-state index contributed by atoms with van der Waals surface area (Å²) in [5, 5.41) is 2.74. The summed E-state index contributed by atoms with van der Waals surface area (Å²) in [4.78, 5) is 47.6. The lowest BCUT2D eigenvalue weighted by Gasteiger charge is -2.35. The average molecular weight is 438 g/mol. The Bertz CT molecular complexity index is 989. The summed E-state index contributed by atoms with van der Waals surface area (Å²) in [5.41, 5.74) is 0.548. The highest BCUT2D eigenvalue weighted by Crippen LogP contribution is 2.30. The molecule has 1 atom stereocenters. The number of benzene rings is 1. The molecule has 0 radical (unpaired) electrons. The van der Waals surface area contributed by atoms with Crippen molar-refractivity contribution < 1.29 is 19.1 Å². The zero-order valence-electron chi connectivity index (χ0n) is 18.3. The van der Waals surface area contributed by atoms with Gasteiger partial charge in [-0.15, -0.1) is 0 Å². The van der Waals surface area contributed by atoms with Crippen LogP contribution in [-0.2, 0) is 21.7 Å². The third-order valence-electron chi connectivity index (χ3n) is 6.09. The van der Waals surface area contributed by atoms with Crippen LogP contribution in [0.4, 0.5) is 4.79 Å². The first-order valence-corrected chi connectivity index (χ1v) is 10.6. The molecule has 1 N–H and O–H groups in total. The van der Waals surface area contributed by atoms with Crippen molar-refractivity contribution in [2.45, 2.75) is 19.0 Å². The van der Waals surface area contributed by atoms with Crippen LogP contribution in [0.15, 0.2) is 48.8 Å². The molecule has 0 aliphatic carbocycles. The van der Waals surface area contributed by atoms with Crippen molar-refractivity contribution >= 4 is 17.8 Å². The normalized spacial score (nSPS) is 21.6. The summed E-state index contributed by atoms with van der Waals surface area (Å²) in [7, 11) is 1.56. The van der Waals surface area contributed by atoms with E-state index >= 15 is 0 Å². The standard InChI is InChI=1S/C23H27N5O4/c1-23(18-5-7-19(32-2)8-6-18)21(30)28(22(31)25-23)16-20(29)27-12-10-26(11-13-27)15-17-4-3-9-24-14-17/h3-9,14H,10-13,15-16H2,1-2H3,(H,25,31). The van der Waals surface area contributed by atoms with Gasteiger partial charge in [-0.1, -0.05) is 18.2 Å². The first kappa shape index (κ1) is 21.8. The Balaban J connectivity index is 1.35. The van der Waals surface area contributed by atoms with E-state index in [1.165, 1.54) is 0 Å². The van der Waals surface area contributed by atoms with Gasteiger partial charge in [-0.05, 0) is 36.2 Å². The SMILES string of the molecule is COc1ccc(C2(C)NC(=O)N(CC(=O)N3CCN(Cc4cccnc4)CC3)C2=O)cc1. The van der Waals surface area contributed by atoms with Gasteiger partial charge in [-0.2, -0.15) is 0 Å². The number of carbonyl (C=O) groups excluding carboxylic acids is 3. The lowest BCUT2D eigenvalue weighted by Crippen LogP contribution is -2.51. The van der Waals surface area contributed by atoms with Crippen LogP contribution in [0.1, 0.15) is 18.1 Å². The summed E-state index contributed by atoms with van der Waals surface area (Å²) < 4.78 is 5.15. The van der Waals surface area contributed by atoms with Gasteiger partial charge in [0.05, 0.1) is 7.11 Å². The van der Waals surface area contributed by atoms with E-state index in [0.29, 0.717) is 24.4 Å². The van der Waals surface area contributed by atoms with Crippen molar-refractivity contribution in [1.29, 1.82) is 0 Å². The number of urea groups is 1. The third-order valence-corrected chi connectivity index (χ3v) is 6.09. The summed E-state index contributed by atoms with van der Waals surface area (Å²) in [6, 6.07) is 10.3. The first-order valence-electron chi connectivity index (χ1n) is 10.6. The molecule has 0 bridgehead atoms. The topological polar surface area (TPSA) is 95.1 Å². The number of aromatic nitrogens is 1. The maximum absolute atomic E-state index is 13.1. The highest BCUT2D eigenvalue weighted by Gasteiger charge is 2.49. The molecule has 1 unspecified atom stereocenters. The van der Waals surface area contributed by atoms with Crippen molar-refractivity contribution in [2.75, 3.05) is 39.8 Å². The van der Waals surface area contributed by atoms with Crippen LogP contribution >= 0.6 is 0 Å². The summed E-state index contributed by atoms with van der Waals surface area (Å²) in [6.07, 6.45) is 3.59. The van der Waals surface area contributed by atoms with E-state index < -0.39 is 17.5 Å². The largest absolute Gasteiger partial charge is 0.497 e. The quantitative estimate of drug-likeness (QED) is 0.683. The molecule has 2 aliphatic rings. The number of nitrogens with zero attached hydrogens (tertiary/aromatic N) is 4. The number of pyridine rings is 1. The molecule has 2 aliphatic heterocycles. The van der Waals surface area contributed by atoms with Crippen molar-refractivity contribution in [3.63, 3.8) is 0 Å². The van der Waals surface area contributed by atoms with E-state index in [0.717, 1.165) is 30.1 Å². The molecule has 4 amide bonds. The van der Waals surface area contributed by atoms with Gasteiger partial charge in [0.15, 0.2) is 0 Å². The second-order valence-electron chi connectivity index (χ2n) is 8.19. The zero-order chi connectivity index (χ0) is 22.7. The van der Waals surface area contributed by atoms with Gasteiger partial charge >= 0.3 is 6.03 Å². The minimum Gasteiger partial charge on any atom is -0.497 e. The van der Waals surface area contributed by atoms with Crippen LogP contribution in [0, 0.1) is 0 Å². The number of hydrogen-bond donors (Lipinski definition) is 1. The third kappa shape index (κ3) is 4.29. The average Bonchev–Trinajstić information content (AvgIpc) is 3.04. The van der Waals surface area contributed by atoms with Crippen molar-refractivity contribution in [3.8, 4) is 5.75 Å². The van der Waals surface area contributed by atoms with E-state index in [1.54, 1.807) is 49.4 Å². The van der Waals surface area contributed by atoms with Gasteiger partial charge in [0.2, 0.25) is 5.91 Å². The molecule has 0 spiro atoms. The molecule has 168 valence electrons. The number of nitrogens with one attached hydrogen (secondary N) is 1. The number of carbonyl (C=O) groups is 3. The molecule has 32 heavy (non-hydrogen) atoms. The first-order chi connectivity index (χ1) is 15.4. The van der Waals surface area contributed by atoms with Gasteiger partial charge < -0.3 is 15.0 Å². The fourth-order valence-corrected chi connectivity index (χ4v) is 4.10. The van der Waals surface area contributed by atoms with Gasteiger partial charge in [-0.25, -0.2) is 4.79 Å². The van der Waals surface area contributed by atoms with Crippen LogP contribution in [0.2, 0.25) is 0 Å². The maximum Gasteiger partial charge on any atom is 0.325 e. The van der Waals surface area contributed by atoms with Crippen LogP contribution in [0.3, 0.4) is 0 Å². The van der Waals surface area contributed by atoms with Crippen LogP contribution in [0.25, 0.3) is 0 Å². The zero-order valence-corrected chi connectivity index (χ0v) is 18.3. The summed E-state index contributed by atoms with van der Waals surface area (Å²) in [5.74, 6) is -0.00596. The smallest absolute Gasteiger partial charge is 0.325 e. The number of amides is 4. The van der Waals surface area contributed by atoms with Gasteiger partial charge in [0.25, 0.3) is 5.91 Å². The lowest BCUT2D eigenvalue weighted by molar-refractivity contribution is -0.139. The predicted molar refractivity (Wildman–Crippen MR) is 117 cm³/mol. The van der Waals surface area contributed by atoms with Crippen LogP contribution < -0.4 is 10.1 Å². The monoisotopic (exact) mass is 437 g/mol. The highest BCUT2D eigenvalue weighted by molar-refractivity contribution is 6.09. The minimum absolute atomic E-state index is 0.228. The molecular weight excluding hydrogens is 410 g/mol. The van der Waals surface area contributed by atoms with Crippen molar-refractivity contribution in [2.24, 2.45) is 0 Å². The van der Waals surface area contributed by atoms with E-state index in [1.807, 2.05) is 18.3 Å². The number of rotatable bonds is 6. The number of imide groups is 1. The lowest BCUT2D eigenvalue weighted by atomic mass is 9.92. The molecule has 2 fully saturated rings. The highest BCUT2D eigenvalue weighted by atomic mass is 16.5. The molecular formula is C23H27N5O4. The van der Waals surface area contributed by atoms with Gasteiger partial charge in [0.1, 0.15) is 17.8 Å². The second kappa shape index (κ2) is 8.96. The molecule has 2 aromatic rings. The Morgan fingerprint density at radius 2 is 1.84 bits per heavy atom. The molecule has 1 aromatic carbocycles. The second-order valence-corrected chi connectivity index (χ2v) is 8.19. The van der Waals surface area contributed by atoms with E-state index in [9.17, 15) is 14.4 Å². The number of ether oxygens (including phenoxy) is 1. The molecule has 9 nitrogen and oxygen atoms in total. The Morgan fingerprint density at radius 3 is 2.47 bits per heavy atom.